The lowest BCUT2D eigenvalue weighted by atomic mass is 10.0. The summed E-state index contributed by atoms with van der Waals surface area (Å²) in [5.41, 5.74) is 2.35. The largest absolute Gasteiger partial charge is 0.262 e. The predicted molar refractivity (Wildman–Crippen MR) is 53.6 cm³/mol. The smallest absolute Gasteiger partial charge is 0.0890 e. The Morgan fingerprint density at radius 3 is 3.15 bits per heavy atom. The van der Waals surface area contributed by atoms with Gasteiger partial charge in [-0.3, -0.25) is 9.98 Å². The summed E-state index contributed by atoms with van der Waals surface area (Å²) in [6.07, 6.45) is 6.60. The third kappa shape index (κ3) is 0.886. The van der Waals surface area contributed by atoms with E-state index < -0.39 is 0 Å². The van der Waals surface area contributed by atoms with Gasteiger partial charge in [0.15, 0.2) is 0 Å². The molecule has 0 radical (unpaired) electrons. The van der Waals surface area contributed by atoms with Crippen molar-refractivity contribution in [2.24, 2.45) is 4.99 Å². The maximum atomic E-state index is 4.32. The molecule has 0 amide bonds. The van der Waals surface area contributed by atoms with Crippen molar-refractivity contribution in [1.82, 2.24) is 4.98 Å². The molecule has 3 rings (SSSR count). The lowest BCUT2D eigenvalue weighted by Crippen LogP contribution is -1.94. The molecule has 0 saturated heterocycles. The van der Waals surface area contributed by atoms with E-state index in [1.165, 1.54) is 16.3 Å². The fraction of sp³-hybridized carbons (Fsp3) is 0.0909. The van der Waals surface area contributed by atoms with E-state index in [4.69, 9.17) is 0 Å². The van der Waals surface area contributed by atoms with Crippen LogP contribution >= 0.6 is 0 Å². The zero-order valence-electron chi connectivity index (χ0n) is 7.07. The molecule has 0 bridgehead atoms. The van der Waals surface area contributed by atoms with Crippen molar-refractivity contribution in [3.63, 3.8) is 0 Å². The SMILES string of the molecule is C1=Nc2cncc3cccc(c23)C1. The Morgan fingerprint density at radius 2 is 2.15 bits per heavy atom. The van der Waals surface area contributed by atoms with Crippen molar-refractivity contribution in [3.05, 3.63) is 36.2 Å². The molecule has 1 aliphatic heterocycles. The van der Waals surface area contributed by atoms with Crippen LogP contribution in [0, 0.1) is 0 Å². The van der Waals surface area contributed by atoms with E-state index in [-0.39, 0.29) is 0 Å². The van der Waals surface area contributed by atoms with Crippen LogP contribution in [0.1, 0.15) is 5.56 Å². The van der Waals surface area contributed by atoms with Gasteiger partial charge in [0, 0.05) is 29.6 Å². The molecule has 2 aromatic rings. The molecule has 2 nitrogen and oxygen atoms in total. The maximum Gasteiger partial charge on any atom is 0.0890 e. The molecule has 0 N–H and O–H groups in total. The summed E-state index contributed by atoms with van der Waals surface area (Å²) in [6.45, 7) is 0. The third-order valence-electron chi connectivity index (χ3n) is 2.39. The second-order valence-corrected chi connectivity index (χ2v) is 3.19. The highest BCUT2D eigenvalue weighted by Gasteiger charge is 2.08. The summed E-state index contributed by atoms with van der Waals surface area (Å²) in [6, 6.07) is 6.30. The molecule has 0 aliphatic carbocycles. The number of hydrogen-bond acceptors (Lipinski definition) is 2. The van der Waals surface area contributed by atoms with Crippen LogP contribution in [0.15, 0.2) is 35.6 Å². The number of benzene rings is 1. The van der Waals surface area contributed by atoms with Gasteiger partial charge in [0.25, 0.3) is 0 Å². The normalized spacial score (nSPS) is 13.5. The Bertz CT molecular complexity index is 495. The van der Waals surface area contributed by atoms with Gasteiger partial charge in [0.1, 0.15) is 0 Å². The third-order valence-corrected chi connectivity index (χ3v) is 2.39. The Kier molecular flexibility index (Phi) is 1.25. The average Bonchev–Trinajstić information content (AvgIpc) is 2.19. The van der Waals surface area contributed by atoms with Crippen LogP contribution < -0.4 is 0 Å². The number of aromatic nitrogens is 1. The van der Waals surface area contributed by atoms with E-state index in [0.717, 1.165) is 12.1 Å². The number of rotatable bonds is 0. The van der Waals surface area contributed by atoms with Gasteiger partial charge in [-0.25, -0.2) is 0 Å². The van der Waals surface area contributed by atoms with Crippen molar-refractivity contribution in [3.8, 4) is 0 Å². The Balaban J connectivity index is 2.56. The lowest BCUT2D eigenvalue weighted by Gasteiger charge is -2.10. The van der Waals surface area contributed by atoms with Gasteiger partial charge in [-0.2, -0.15) is 0 Å². The van der Waals surface area contributed by atoms with E-state index in [1.54, 1.807) is 0 Å². The van der Waals surface area contributed by atoms with Gasteiger partial charge in [0.2, 0.25) is 0 Å². The minimum atomic E-state index is 0.939. The zero-order chi connectivity index (χ0) is 8.67. The number of nitrogens with zero attached hydrogens (tertiary/aromatic N) is 2. The van der Waals surface area contributed by atoms with Crippen molar-refractivity contribution in [2.75, 3.05) is 0 Å². The summed E-state index contributed by atoms with van der Waals surface area (Å²) in [7, 11) is 0. The van der Waals surface area contributed by atoms with Crippen molar-refractivity contribution in [1.29, 1.82) is 0 Å². The molecule has 2 heterocycles. The van der Waals surface area contributed by atoms with Gasteiger partial charge in [-0.1, -0.05) is 18.2 Å². The molecule has 0 spiro atoms. The van der Waals surface area contributed by atoms with Crippen LogP contribution in [0.4, 0.5) is 5.69 Å². The highest BCUT2D eigenvalue weighted by Crippen LogP contribution is 2.30. The van der Waals surface area contributed by atoms with E-state index in [9.17, 15) is 0 Å². The van der Waals surface area contributed by atoms with Gasteiger partial charge in [-0.15, -0.1) is 0 Å². The van der Waals surface area contributed by atoms with E-state index in [0.29, 0.717) is 0 Å². The summed E-state index contributed by atoms with van der Waals surface area (Å²) in [5.74, 6) is 0. The quantitative estimate of drug-likeness (QED) is 0.593. The van der Waals surface area contributed by atoms with Crippen LogP contribution in [0.3, 0.4) is 0 Å². The maximum absolute atomic E-state index is 4.32. The second-order valence-electron chi connectivity index (χ2n) is 3.19. The Morgan fingerprint density at radius 1 is 1.15 bits per heavy atom. The van der Waals surface area contributed by atoms with Gasteiger partial charge < -0.3 is 0 Å². The van der Waals surface area contributed by atoms with Crippen LogP contribution in [0.5, 0.6) is 0 Å². The number of hydrogen-bond donors (Lipinski definition) is 0. The lowest BCUT2D eigenvalue weighted by molar-refractivity contribution is 1.29. The van der Waals surface area contributed by atoms with Crippen LogP contribution in [0.25, 0.3) is 10.8 Å². The highest BCUT2D eigenvalue weighted by molar-refractivity contribution is 5.98. The fourth-order valence-corrected chi connectivity index (χ4v) is 1.80. The van der Waals surface area contributed by atoms with E-state index in [2.05, 4.69) is 28.2 Å². The minimum absolute atomic E-state index is 0.939. The molecule has 0 saturated carbocycles. The zero-order valence-corrected chi connectivity index (χ0v) is 7.07. The number of pyridine rings is 1. The van der Waals surface area contributed by atoms with Crippen LogP contribution in [-0.4, -0.2) is 11.2 Å². The van der Waals surface area contributed by atoms with Gasteiger partial charge in [-0.05, 0) is 5.56 Å². The standard InChI is InChI=1S/C11H8N2/c1-2-8-4-5-13-10-7-12-6-9(3-1)11(8)10/h1-3,5-7H,4H2. The molecule has 13 heavy (non-hydrogen) atoms. The highest BCUT2D eigenvalue weighted by atomic mass is 14.8. The molecule has 1 aromatic carbocycles. The van der Waals surface area contributed by atoms with Crippen LogP contribution in [-0.2, 0) is 6.42 Å². The summed E-state index contributed by atoms with van der Waals surface area (Å²) in [4.78, 5) is 8.47. The fourth-order valence-electron chi connectivity index (χ4n) is 1.80. The van der Waals surface area contributed by atoms with E-state index in [1.807, 2.05) is 18.6 Å². The first-order valence-electron chi connectivity index (χ1n) is 4.33. The summed E-state index contributed by atoms with van der Waals surface area (Å²) >= 11 is 0. The average molecular weight is 168 g/mol. The second kappa shape index (κ2) is 2.39. The summed E-state index contributed by atoms with van der Waals surface area (Å²) < 4.78 is 0. The Hall–Kier alpha value is -1.70. The monoisotopic (exact) mass is 168 g/mol. The first-order chi connectivity index (χ1) is 6.45. The van der Waals surface area contributed by atoms with Crippen molar-refractivity contribution in [2.45, 2.75) is 6.42 Å². The van der Waals surface area contributed by atoms with Crippen molar-refractivity contribution >= 4 is 22.7 Å². The van der Waals surface area contributed by atoms with Crippen LogP contribution in [0.2, 0.25) is 0 Å². The molecule has 1 aliphatic rings. The predicted octanol–water partition coefficient (Wildman–Crippen LogP) is 2.49. The molecule has 2 heteroatoms. The summed E-state index contributed by atoms with van der Waals surface area (Å²) in [5, 5.41) is 2.45. The first kappa shape index (κ1) is 6.78. The minimum Gasteiger partial charge on any atom is -0.262 e. The van der Waals surface area contributed by atoms with Gasteiger partial charge in [0.05, 0.1) is 11.9 Å². The first-order valence-corrected chi connectivity index (χ1v) is 4.33. The number of aliphatic imine (C=N–C) groups is 1. The molecule has 1 aromatic heterocycles. The Labute approximate surface area is 76.0 Å². The molecule has 0 atom stereocenters. The molecular weight excluding hydrogens is 160 g/mol. The molecular formula is C11H8N2. The molecule has 0 fully saturated rings. The topological polar surface area (TPSA) is 25.2 Å². The molecule has 62 valence electrons. The van der Waals surface area contributed by atoms with Gasteiger partial charge >= 0.3 is 0 Å². The van der Waals surface area contributed by atoms with E-state index >= 15 is 0 Å². The van der Waals surface area contributed by atoms with Crippen molar-refractivity contribution < 1.29 is 0 Å². The molecule has 0 unspecified atom stereocenters.